The third-order valence-corrected chi connectivity index (χ3v) is 4.39. The van der Waals surface area contributed by atoms with Crippen molar-refractivity contribution in [2.24, 2.45) is 0 Å². The molecule has 0 radical (unpaired) electrons. The van der Waals surface area contributed by atoms with Crippen LogP contribution in [0.2, 0.25) is 5.02 Å². The Labute approximate surface area is 170 Å². The molecule has 0 bridgehead atoms. The largest absolute Gasteiger partial charge is 0.494 e. The molecule has 7 heteroatoms. The van der Waals surface area contributed by atoms with Crippen molar-refractivity contribution >= 4 is 40.6 Å². The average molecular weight is 407 g/mol. The molecule has 5 nitrogen and oxygen atoms in total. The van der Waals surface area contributed by atoms with E-state index in [2.05, 4.69) is 16.7 Å². The van der Waals surface area contributed by atoms with Gasteiger partial charge in [-0.25, -0.2) is 4.79 Å². The third-order valence-electron chi connectivity index (χ3n) is 3.82. The predicted octanol–water partition coefficient (Wildman–Crippen LogP) is 4.44. The summed E-state index contributed by atoms with van der Waals surface area (Å²) in [6, 6.07) is 12.9. The highest BCUT2D eigenvalue weighted by atomic mass is 35.5. The van der Waals surface area contributed by atoms with Crippen LogP contribution in [-0.4, -0.2) is 31.3 Å². The lowest BCUT2D eigenvalue weighted by molar-refractivity contribution is 0.0601. The number of hydrogen-bond acceptors (Lipinski definition) is 4. The van der Waals surface area contributed by atoms with E-state index in [9.17, 15) is 4.79 Å². The molecule has 2 aromatic carbocycles. The number of rotatable bonds is 8. The van der Waals surface area contributed by atoms with Gasteiger partial charge in [-0.05, 0) is 61.8 Å². The number of methoxy groups -OCH3 is 1. The van der Waals surface area contributed by atoms with Crippen LogP contribution < -0.4 is 15.4 Å². The number of nitrogens with one attached hydrogen (secondary N) is 2. The van der Waals surface area contributed by atoms with Gasteiger partial charge < -0.3 is 20.1 Å². The summed E-state index contributed by atoms with van der Waals surface area (Å²) in [6.07, 6.45) is 1.77. The fourth-order valence-corrected chi connectivity index (χ4v) is 2.90. The summed E-state index contributed by atoms with van der Waals surface area (Å²) < 4.78 is 10.4. The van der Waals surface area contributed by atoms with E-state index in [-0.39, 0.29) is 0 Å². The summed E-state index contributed by atoms with van der Waals surface area (Å²) in [6.45, 7) is 3.32. The molecule has 0 saturated heterocycles. The normalized spacial score (nSPS) is 10.2. The first-order valence-electron chi connectivity index (χ1n) is 8.68. The molecule has 0 heterocycles. The maximum Gasteiger partial charge on any atom is 0.337 e. The minimum Gasteiger partial charge on any atom is -0.494 e. The first kappa shape index (κ1) is 21.0. The Hall–Kier alpha value is -2.31. The van der Waals surface area contributed by atoms with E-state index in [1.54, 1.807) is 18.2 Å². The number of carbonyl (C=O) groups is 1. The molecule has 0 unspecified atom stereocenters. The van der Waals surface area contributed by atoms with Crippen LogP contribution in [0.4, 0.5) is 5.69 Å². The fourth-order valence-electron chi connectivity index (χ4n) is 2.52. The number of benzene rings is 2. The molecule has 0 aliphatic heterocycles. The van der Waals surface area contributed by atoms with Crippen molar-refractivity contribution in [3.8, 4) is 5.75 Å². The molecular formula is C20H23ClN2O3S. The Bertz CT molecular complexity index is 799. The maximum absolute atomic E-state index is 11.6. The molecule has 0 saturated carbocycles. The number of ether oxygens (including phenoxy) is 2. The van der Waals surface area contributed by atoms with Crippen molar-refractivity contribution in [1.29, 1.82) is 0 Å². The van der Waals surface area contributed by atoms with Crippen molar-refractivity contribution < 1.29 is 14.3 Å². The second-order valence-electron chi connectivity index (χ2n) is 5.71. The zero-order valence-electron chi connectivity index (χ0n) is 15.4. The zero-order valence-corrected chi connectivity index (χ0v) is 17.0. The average Bonchev–Trinajstić information content (AvgIpc) is 2.67. The van der Waals surface area contributed by atoms with Crippen molar-refractivity contribution in [2.75, 3.05) is 25.6 Å². The molecule has 2 aromatic rings. The molecular weight excluding hydrogens is 384 g/mol. The second kappa shape index (κ2) is 10.7. The van der Waals surface area contributed by atoms with E-state index in [0.29, 0.717) is 34.5 Å². The molecule has 144 valence electrons. The van der Waals surface area contributed by atoms with Crippen LogP contribution in [0.15, 0.2) is 42.5 Å². The Morgan fingerprint density at radius 3 is 2.74 bits per heavy atom. The van der Waals surface area contributed by atoms with E-state index >= 15 is 0 Å². The number of anilines is 1. The highest BCUT2D eigenvalue weighted by Crippen LogP contribution is 2.23. The van der Waals surface area contributed by atoms with Gasteiger partial charge in [0.25, 0.3) is 0 Å². The minimum atomic E-state index is -0.429. The van der Waals surface area contributed by atoms with Gasteiger partial charge in [-0.3, -0.25) is 0 Å². The lowest BCUT2D eigenvalue weighted by Gasteiger charge is -2.13. The predicted molar refractivity (Wildman–Crippen MR) is 113 cm³/mol. The summed E-state index contributed by atoms with van der Waals surface area (Å²) >= 11 is 11.5. The summed E-state index contributed by atoms with van der Waals surface area (Å²) in [5, 5.41) is 7.07. The van der Waals surface area contributed by atoms with Gasteiger partial charge in [0.15, 0.2) is 5.11 Å². The van der Waals surface area contributed by atoms with Crippen LogP contribution in [0, 0.1) is 0 Å². The molecule has 0 aliphatic carbocycles. The highest BCUT2D eigenvalue weighted by Gasteiger charge is 2.10. The molecule has 2 rings (SSSR count). The number of thiocarbonyl (C=S) groups is 1. The van der Waals surface area contributed by atoms with Gasteiger partial charge >= 0.3 is 5.97 Å². The van der Waals surface area contributed by atoms with E-state index in [1.807, 2.05) is 25.1 Å². The highest BCUT2D eigenvalue weighted by molar-refractivity contribution is 7.80. The summed E-state index contributed by atoms with van der Waals surface area (Å²) in [5.74, 6) is 0.494. The van der Waals surface area contributed by atoms with Crippen LogP contribution in [0.1, 0.15) is 29.3 Å². The van der Waals surface area contributed by atoms with Gasteiger partial charge in [0, 0.05) is 6.54 Å². The van der Waals surface area contributed by atoms with E-state index in [1.165, 1.54) is 12.7 Å². The van der Waals surface area contributed by atoms with Crippen LogP contribution in [0.5, 0.6) is 5.75 Å². The van der Waals surface area contributed by atoms with Gasteiger partial charge in [0.05, 0.1) is 30.0 Å². The van der Waals surface area contributed by atoms with Crippen molar-refractivity contribution in [2.45, 2.75) is 19.8 Å². The smallest absolute Gasteiger partial charge is 0.337 e. The Kier molecular flexibility index (Phi) is 8.36. The van der Waals surface area contributed by atoms with Crippen LogP contribution in [0.3, 0.4) is 0 Å². The lowest BCUT2D eigenvalue weighted by atomic mass is 10.1. The van der Waals surface area contributed by atoms with Gasteiger partial charge in [0.2, 0.25) is 0 Å². The number of esters is 1. The standard InChI is InChI=1S/C20H23ClN2O3S/c1-3-26-18-9-5-4-7-14(18)8-6-12-22-20(27)23-17-13-15(19(24)25-2)10-11-16(17)21/h4-5,7,9-11,13H,3,6,8,12H2,1-2H3,(H2,22,23,27). The van der Waals surface area contributed by atoms with Gasteiger partial charge in [-0.2, -0.15) is 0 Å². The Balaban J connectivity index is 1.84. The second-order valence-corrected chi connectivity index (χ2v) is 6.53. The van der Waals surface area contributed by atoms with E-state index in [0.717, 1.165) is 18.6 Å². The topological polar surface area (TPSA) is 59.6 Å². The maximum atomic E-state index is 11.6. The Morgan fingerprint density at radius 2 is 2.00 bits per heavy atom. The van der Waals surface area contributed by atoms with Crippen molar-refractivity contribution in [3.05, 3.63) is 58.6 Å². The molecule has 0 aliphatic rings. The third kappa shape index (κ3) is 6.41. The molecule has 0 atom stereocenters. The molecule has 27 heavy (non-hydrogen) atoms. The van der Waals surface area contributed by atoms with Gasteiger partial charge in [-0.15, -0.1) is 0 Å². The fraction of sp³-hybridized carbons (Fsp3) is 0.300. The minimum absolute atomic E-state index is 0.403. The number of aryl methyl sites for hydroxylation is 1. The van der Waals surface area contributed by atoms with Crippen LogP contribution in [0.25, 0.3) is 0 Å². The summed E-state index contributed by atoms with van der Waals surface area (Å²) in [7, 11) is 1.33. The zero-order chi connectivity index (χ0) is 19.6. The molecule has 2 N–H and O–H groups in total. The van der Waals surface area contributed by atoms with Crippen molar-refractivity contribution in [3.63, 3.8) is 0 Å². The number of halogens is 1. The quantitative estimate of drug-likeness (QED) is 0.384. The molecule has 0 amide bonds. The Morgan fingerprint density at radius 1 is 1.22 bits per heavy atom. The van der Waals surface area contributed by atoms with Gasteiger partial charge in [0.1, 0.15) is 5.75 Å². The monoisotopic (exact) mass is 406 g/mol. The number of hydrogen-bond donors (Lipinski definition) is 2. The molecule has 0 spiro atoms. The van der Waals surface area contributed by atoms with Gasteiger partial charge in [-0.1, -0.05) is 29.8 Å². The van der Waals surface area contributed by atoms with Crippen molar-refractivity contribution in [1.82, 2.24) is 5.32 Å². The summed E-state index contributed by atoms with van der Waals surface area (Å²) in [5.41, 5.74) is 2.13. The van der Waals surface area contributed by atoms with Crippen LogP contribution >= 0.6 is 23.8 Å². The van der Waals surface area contributed by atoms with Crippen LogP contribution in [-0.2, 0) is 11.2 Å². The SMILES string of the molecule is CCOc1ccccc1CCCNC(=S)Nc1cc(C(=O)OC)ccc1Cl. The van der Waals surface area contributed by atoms with E-state index < -0.39 is 5.97 Å². The molecule has 0 fully saturated rings. The number of carbonyl (C=O) groups excluding carboxylic acids is 1. The summed E-state index contributed by atoms with van der Waals surface area (Å²) in [4.78, 5) is 11.6. The van der Waals surface area contributed by atoms with E-state index in [4.69, 9.17) is 33.3 Å². The first-order chi connectivity index (χ1) is 13.0. The number of para-hydroxylation sites is 1. The lowest BCUT2D eigenvalue weighted by Crippen LogP contribution is -2.29. The molecule has 0 aromatic heterocycles. The first-order valence-corrected chi connectivity index (χ1v) is 9.47.